The lowest BCUT2D eigenvalue weighted by molar-refractivity contribution is 0.0603. The number of thiophene rings is 1. The van der Waals surface area contributed by atoms with E-state index < -0.39 is 5.97 Å². The van der Waals surface area contributed by atoms with Crippen LogP contribution >= 0.6 is 11.3 Å². The lowest BCUT2D eigenvalue weighted by Gasteiger charge is -2.09. The summed E-state index contributed by atoms with van der Waals surface area (Å²) in [5, 5.41) is 5.19. The fraction of sp³-hybridized carbons (Fsp3) is 0.143. The zero-order valence-corrected chi connectivity index (χ0v) is 15.6. The van der Waals surface area contributed by atoms with Crippen LogP contribution in [0.15, 0.2) is 53.9 Å². The molecule has 0 radical (unpaired) electrons. The van der Waals surface area contributed by atoms with Gasteiger partial charge in [-0.05, 0) is 42.7 Å². The number of esters is 1. The Labute approximate surface area is 156 Å². The van der Waals surface area contributed by atoms with E-state index >= 15 is 0 Å². The molecule has 1 amide bonds. The van der Waals surface area contributed by atoms with E-state index in [0.717, 1.165) is 16.7 Å². The van der Waals surface area contributed by atoms with E-state index in [-0.39, 0.29) is 5.91 Å². The summed E-state index contributed by atoms with van der Waals surface area (Å²) in [5.74, 6) is -0.730. The Morgan fingerprint density at radius 3 is 2.38 bits per heavy atom. The largest absolute Gasteiger partial charge is 0.465 e. The van der Waals surface area contributed by atoms with E-state index in [9.17, 15) is 9.59 Å². The van der Waals surface area contributed by atoms with Crippen molar-refractivity contribution in [3.05, 3.63) is 76.2 Å². The first-order valence-corrected chi connectivity index (χ1v) is 9.03. The molecule has 0 atom stereocenters. The van der Waals surface area contributed by atoms with Crippen molar-refractivity contribution < 1.29 is 14.3 Å². The van der Waals surface area contributed by atoms with Gasteiger partial charge in [0.05, 0.1) is 7.11 Å². The van der Waals surface area contributed by atoms with Crippen LogP contribution in [0.3, 0.4) is 0 Å². The number of carbonyl (C=O) groups excluding carboxylic acids is 2. The van der Waals surface area contributed by atoms with Crippen LogP contribution in [-0.4, -0.2) is 19.0 Å². The minimum absolute atomic E-state index is 0.260. The van der Waals surface area contributed by atoms with Crippen LogP contribution in [-0.2, 0) is 4.74 Å². The highest BCUT2D eigenvalue weighted by molar-refractivity contribution is 7.15. The summed E-state index contributed by atoms with van der Waals surface area (Å²) in [4.78, 5) is 24.9. The molecule has 0 aliphatic carbocycles. The molecule has 3 rings (SSSR count). The van der Waals surface area contributed by atoms with Crippen LogP contribution in [0, 0.1) is 13.8 Å². The molecule has 5 heteroatoms. The third-order valence-electron chi connectivity index (χ3n) is 4.26. The summed E-state index contributed by atoms with van der Waals surface area (Å²) in [6, 6.07) is 14.9. The predicted octanol–water partition coefficient (Wildman–Crippen LogP) is 5.07. The molecule has 26 heavy (non-hydrogen) atoms. The van der Waals surface area contributed by atoms with E-state index in [0.29, 0.717) is 16.1 Å². The topological polar surface area (TPSA) is 55.4 Å². The number of hydrogen-bond acceptors (Lipinski definition) is 4. The number of amides is 1. The number of carbonyl (C=O) groups is 2. The molecule has 2 aromatic carbocycles. The van der Waals surface area contributed by atoms with Crippen molar-refractivity contribution in [3.63, 3.8) is 0 Å². The minimum atomic E-state index is -0.470. The fourth-order valence-electron chi connectivity index (χ4n) is 2.64. The maximum absolute atomic E-state index is 12.5. The summed E-state index contributed by atoms with van der Waals surface area (Å²) in [6.45, 7) is 4.07. The Balaban J connectivity index is 2.01. The average molecular weight is 365 g/mol. The normalized spacial score (nSPS) is 10.4. The highest BCUT2D eigenvalue weighted by Crippen LogP contribution is 2.37. The number of nitrogens with one attached hydrogen (secondary N) is 1. The van der Waals surface area contributed by atoms with Crippen LogP contribution in [0.4, 0.5) is 5.00 Å². The van der Waals surface area contributed by atoms with Crippen molar-refractivity contribution in [1.82, 2.24) is 0 Å². The molecule has 0 saturated carbocycles. The third-order valence-corrected chi connectivity index (χ3v) is 5.16. The average Bonchev–Trinajstić information content (AvgIpc) is 3.07. The van der Waals surface area contributed by atoms with Gasteiger partial charge in [-0.2, -0.15) is 0 Å². The zero-order chi connectivity index (χ0) is 18.7. The molecule has 0 aliphatic rings. The first-order chi connectivity index (χ1) is 12.5. The Hall–Kier alpha value is -2.92. The van der Waals surface area contributed by atoms with E-state index in [1.807, 2.05) is 43.5 Å². The fourth-order valence-corrected chi connectivity index (χ4v) is 3.59. The van der Waals surface area contributed by atoms with Gasteiger partial charge in [-0.1, -0.05) is 36.4 Å². The molecule has 0 aliphatic heterocycles. The number of benzene rings is 2. The van der Waals surface area contributed by atoms with Gasteiger partial charge in [0.25, 0.3) is 5.91 Å². The summed E-state index contributed by atoms with van der Waals surface area (Å²) >= 11 is 1.31. The van der Waals surface area contributed by atoms with Gasteiger partial charge >= 0.3 is 5.97 Å². The van der Waals surface area contributed by atoms with Crippen molar-refractivity contribution in [3.8, 4) is 11.1 Å². The van der Waals surface area contributed by atoms with Crippen molar-refractivity contribution in [2.45, 2.75) is 13.8 Å². The molecule has 1 N–H and O–H groups in total. The van der Waals surface area contributed by atoms with Gasteiger partial charge in [-0.3, -0.25) is 4.79 Å². The lowest BCUT2D eigenvalue weighted by Crippen LogP contribution is -2.14. The number of ether oxygens (including phenoxy) is 1. The number of anilines is 1. The molecule has 0 spiro atoms. The zero-order valence-electron chi connectivity index (χ0n) is 14.8. The van der Waals surface area contributed by atoms with Gasteiger partial charge in [0, 0.05) is 16.5 Å². The van der Waals surface area contributed by atoms with Crippen LogP contribution < -0.4 is 5.32 Å². The molecule has 3 aromatic rings. The third kappa shape index (κ3) is 3.53. The van der Waals surface area contributed by atoms with Crippen LogP contribution in [0.1, 0.15) is 31.8 Å². The number of methoxy groups -OCH3 is 1. The smallest absolute Gasteiger partial charge is 0.341 e. The quantitative estimate of drug-likeness (QED) is 0.657. The monoisotopic (exact) mass is 365 g/mol. The van der Waals surface area contributed by atoms with E-state index in [1.54, 1.807) is 24.3 Å². The lowest BCUT2D eigenvalue weighted by atomic mass is 9.99. The Morgan fingerprint density at radius 2 is 1.73 bits per heavy atom. The Bertz CT molecular complexity index is 961. The van der Waals surface area contributed by atoms with Crippen molar-refractivity contribution >= 4 is 28.2 Å². The van der Waals surface area contributed by atoms with Crippen LogP contribution in [0.2, 0.25) is 0 Å². The second-order valence-electron chi connectivity index (χ2n) is 5.96. The standard InChI is InChI=1S/C21H19NO3S/c1-13-9-10-16(11-14(13)2)17-12-26-20(18(17)21(24)25-3)22-19(23)15-7-5-4-6-8-15/h4-12H,1-3H3,(H,22,23). The van der Waals surface area contributed by atoms with Crippen molar-refractivity contribution in [1.29, 1.82) is 0 Å². The van der Waals surface area contributed by atoms with Crippen molar-refractivity contribution in [2.24, 2.45) is 0 Å². The predicted molar refractivity (Wildman–Crippen MR) is 105 cm³/mol. The molecule has 0 unspecified atom stereocenters. The highest BCUT2D eigenvalue weighted by atomic mass is 32.1. The summed E-state index contributed by atoms with van der Waals surface area (Å²) in [7, 11) is 1.34. The molecular weight excluding hydrogens is 346 g/mol. The molecule has 1 aromatic heterocycles. The maximum atomic E-state index is 12.5. The SMILES string of the molecule is COC(=O)c1c(-c2ccc(C)c(C)c2)csc1NC(=O)c1ccccc1. The van der Waals surface area contributed by atoms with Gasteiger partial charge < -0.3 is 10.1 Å². The number of aryl methyl sites for hydroxylation is 2. The van der Waals surface area contributed by atoms with Gasteiger partial charge in [-0.15, -0.1) is 11.3 Å². The highest BCUT2D eigenvalue weighted by Gasteiger charge is 2.22. The van der Waals surface area contributed by atoms with Gasteiger partial charge in [0.2, 0.25) is 0 Å². The van der Waals surface area contributed by atoms with Crippen molar-refractivity contribution in [2.75, 3.05) is 12.4 Å². The van der Waals surface area contributed by atoms with E-state index in [1.165, 1.54) is 24.0 Å². The van der Waals surface area contributed by atoms with Crippen LogP contribution in [0.25, 0.3) is 11.1 Å². The molecular formula is C21H19NO3S. The molecule has 4 nitrogen and oxygen atoms in total. The summed E-state index contributed by atoms with van der Waals surface area (Å²) in [5.41, 5.74) is 4.91. The molecule has 0 saturated heterocycles. The summed E-state index contributed by atoms with van der Waals surface area (Å²) in [6.07, 6.45) is 0. The Kier molecular flexibility index (Phi) is 5.19. The van der Waals surface area contributed by atoms with E-state index in [4.69, 9.17) is 4.74 Å². The summed E-state index contributed by atoms with van der Waals surface area (Å²) < 4.78 is 4.96. The molecule has 132 valence electrons. The van der Waals surface area contributed by atoms with Gasteiger partial charge in [0.15, 0.2) is 0 Å². The van der Waals surface area contributed by atoms with Gasteiger partial charge in [-0.25, -0.2) is 4.79 Å². The molecule has 0 fully saturated rings. The number of hydrogen-bond donors (Lipinski definition) is 1. The molecule has 1 heterocycles. The van der Waals surface area contributed by atoms with Gasteiger partial charge in [0.1, 0.15) is 10.6 Å². The first kappa shape index (κ1) is 17.9. The molecule has 0 bridgehead atoms. The second kappa shape index (κ2) is 7.54. The first-order valence-electron chi connectivity index (χ1n) is 8.15. The Morgan fingerprint density at radius 1 is 1.00 bits per heavy atom. The minimum Gasteiger partial charge on any atom is -0.465 e. The van der Waals surface area contributed by atoms with E-state index in [2.05, 4.69) is 5.32 Å². The second-order valence-corrected chi connectivity index (χ2v) is 6.84. The number of rotatable bonds is 4. The maximum Gasteiger partial charge on any atom is 0.341 e. The van der Waals surface area contributed by atoms with Crippen LogP contribution in [0.5, 0.6) is 0 Å².